The second kappa shape index (κ2) is 5.05. The zero-order valence-corrected chi connectivity index (χ0v) is 11.0. The molecule has 0 spiro atoms. The predicted molar refractivity (Wildman–Crippen MR) is 72.2 cm³/mol. The summed E-state index contributed by atoms with van der Waals surface area (Å²) in [5, 5.41) is 14.9. The summed E-state index contributed by atoms with van der Waals surface area (Å²) in [5.41, 5.74) is 1.97. The second-order valence-electron chi connectivity index (χ2n) is 4.80. The van der Waals surface area contributed by atoms with Gasteiger partial charge in [0, 0.05) is 24.2 Å². The zero-order valence-electron chi connectivity index (χ0n) is 11.0. The van der Waals surface area contributed by atoms with Crippen LogP contribution in [0.5, 0.6) is 5.75 Å². The molecule has 1 aliphatic heterocycles. The third kappa shape index (κ3) is 2.12. The number of aryl methyl sites for hydroxylation is 1. The highest BCUT2D eigenvalue weighted by molar-refractivity contribution is 5.39. The van der Waals surface area contributed by atoms with Crippen molar-refractivity contribution in [3.63, 3.8) is 0 Å². The van der Waals surface area contributed by atoms with Crippen LogP contribution in [0.3, 0.4) is 0 Å². The van der Waals surface area contributed by atoms with Crippen molar-refractivity contribution in [2.45, 2.75) is 31.9 Å². The van der Waals surface area contributed by atoms with Crippen LogP contribution < -0.4 is 4.74 Å². The van der Waals surface area contributed by atoms with Crippen LogP contribution >= 0.6 is 0 Å². The van der Waals surface area contributed by atoms with Crippen LogP contribution in [0.25, 0.3) is 0 Å². The molecule has 0 aliphatic carbocycles. The Bertz CT molecular complexity index is 565. The summed E-state index contributed by atoms with van der Waals surface area (Å²) >= 11 is 0. The Morgan fingerprint density at radius 2 is 2.26 bits per heavy atom. The summed E-state index contributed by atoms with van der Waals surface area (Å²) in [7, 11) is 0. The number of fused-ring (bicyclic) bond motifs is 1. The van der Waals surface area contributed by atoms with Crippen molar-refractivity contribution >= 4 is 0 Å². The Hall–Kier alpha value is -1.81. The number of aliphatic hydroxyl groups is 1. The maximum absolute atomic E-state index is 10.7. The lowest BCUT2D eigenvalue weighted by molar-refractivity contribution is 0.109. The van der Waals surface area contributed by atoms with E-state index in [9.17, 15) is 5.11 Å². The van der Waals surface area contributed by atoms with Crippen LogP contribution in [0.4, 0.5) is 0 Å². The SMILES string of the molecule is CCn1nccc1C(O)C1CCOc2ccccc21. The van der Waals surface area contributed by atoms with Crippen LogP contribution in [0.2, 0.25) is 0 Å². The summed E-state index contributed by atoms with van der Waals surface area (Å²) in [6, 6.07) is 9.85. The summed E-state index contributed by atoms with van der Waals surface area (Å²) in [4.78, 5) is 0. The van der Waals surface area contributed by atoms with E-state index in [4.69, 9.17) is 4.74 Å². The summed E-state index contributed by atoms with van der Waals surface area (Å²) in [6.07, 6.45) is 2.04. The van der Waals surface area contributed by atoms with E-state index in [0.29, 0.717) is 6.61 Å². The molecule has 2 atom stereocenters. The van der Waals surface area contributed by atoms with E-state index in [-0.39, 0.29) is 5.92 Å². The number of nitrogens with zero attached hydrogens (tertiary/aromatic N) is 2. The highest BCUT2D eigenvalue weighted by Gasteiger charge is 2.30. The molecule has 0 bridgehead atoms. The largest absolute Gasteiger partial charge is 0.493 e. The van der Waals surface area contributed by atoms with Crippen molar-refractivity contribution in [3.05, 3.63) is 47.8 Å². The van der Waals surface area contributed by atoms with Crippen molar-refractivity contribution in [2.75, 3.05) is 6.61 Å². The van der Waals surface area contributed by atoms with E-state index in [1.54, 1.807) is 6.20 Å². The summed E-state index contributed by atoms with van der Waals surface area (Å²) < 4.78 is 7.49. The fraction of sp³-hybridized carbons (Fsp3) is 0.400. The van der Waals surface area contributed by atoms with Gasteiger partial charge in [0.1, 0.15) is 11.9 Å². The van der Waals surface area contributed by atoms with Gasteiger partial charge in [-0.15, -0.1) is 0 Å². The Morgan fingerprint density at radius 1 is 1.42 bits per heavy atom. The molecule has 100 valence electrons. The van der Waals surface area contributed by atoms with Crippen LogP contribution in [0, 0.1) is 0 Å². The third-order valence-electron chi connectivity index (χ3n) is 3.74. The minimum absolute atomic E-state index is 0.0759. The van der Waals surface area contributed by atoms with Crippen LogP contribution in [0.15, 0.2) is 36.5 Å². The standard InChI is InChI=1S/C15H18N2O2/c1-2-17-13(7-9-16-17)15(18)12-8-10-19-14-6-4-3-5-11(12)14/h3-7,9,12,15,18H,2,8,10H2,1H3. The van der Waals surface area contributed by atoms with Gasteiger partial charge >= 0.3 is 0 Å². The minimum atomic E-state index is -0.535. The highest BCUT2D eigenvalue weighted by atomic mass is 16.5. The molecule has 1 aliphatic rings. The summed E-state index contributed by atoms with van der Waals surface area (Å²) in [6.45, 7) is 3.45. The smallest absolute Gasteiger partial charge is 0.122 e. The molecular weight excluding hydrogens is 240 g/mol. The first-order chi connectivity index (χ1) is 9.31. The third-order valence-corrected chi connectivity index (χ3v) is 3.74. The predicted octanol–water partition coefficient (Wildman–Crippen LogP) is 2.50. The number of hydrogen-bond donors (Lipinski definition) is 1. The fourth-order valence-electron chi connectivity index (χ4n) is 2.76. The quantitative estimate of drug-likeness (QED) is 0.920. The fourth-order valence-corrected chi connectivity index (χ4v) is 2.76. The Morgan fingerprint density at radius 3 is 3.11 bits per heavy atom. The molecule has 0 radical (unpaired) electrons. The van der Waals surface area contributed by atoms with E-state index in [1.807, 2.05) is 41.9 Å². The van der Waals surface area contributed by atoms with Gasteiger partial charge in [0.05, 0.1) is 12.3 Å². The topological polar surface area (TPSA) is 47.3 Å². The second-order valence-corrected chi connectivity index (χ2v) is 4.80. The monoisotopic (exact) mass is 258 g/mol. The molecule has 2 aromatic rings. The first kappa shape index (κ1) is 12.2. The Labute approximate surface area is 112 Å². The van der Waals surface area contributed by atoms with Gasteiger partial charge in [0.25, 0.3) is 0 Å². The van der Waals surface area contributed by atoms with E-state index < -0.39 is 6.10 Å². The lowest BCUT2D eigenvalue weighted by Gasteiger charge is -2.29. The minimum Gasteiger partial charge on any atom is -0.493 e. The van der Waals surface area contributed by atoms with Gasteiger partial charge in [0.15, 0.2) is 0 Å². The van der Waals surface area contributed by atoms with Crippen LogP contribution in [0.1, 0.15) is 36.6 Å². The van der Waals surface area contributed by atoms with Gasteiger partial charge < -0.3 is 9.84 Å². The molecular formula is C15H18N2O2. The van der Waals surface area contributed by atoms with Crippen molar-refractivity contribution in [3.8, 4) is 5.75 Å². The molecule has 19 heavy (non-hydrogen) atoms. The number of para-hydroxylation sites is 1. The Balaban J connectivity index is 1.95. The molecule has 1 N–H and O–H groups in total. The molecule has 2 unspecified atom stereocenters. The van der Waals surface area contributed by atoms with Gasteiger partial charge in [0.2, 0.25) is 0 Å². The number of benzene rings is 1. The van der Waals surface area contributed by atoms with E-state index in [2.05, 4.69) is 5.10 Å². The van der Waals surface area contributed by atoms with Crippen molar-refractivity contribution in [1.29, 1.82) is 0 Å². The molecule has 1 aromatic heterocycles. The van der Waals surface area contributed by atoms with Gasteiger partial charge in [-0.2, -0.15) is 5.10 Å². The van der Waals surface area contributed by atoms with Gasteiger partial charge in [-0.3, -0.25) is 4.68 Å². The van der Waals surface area contributed by atoms with Gasteiger partial charge in [-0.1, -0.05) is 18.2 Å². The van der Waals surface area contributed by atoms with Crippen molar-refractivity contribution < 1.29 is 9.84 Å². The molecule has 4 nitrogen and oxygen atoms in total. The molecule has 2 heterocycles. The lowest BCUT2D eigenvalue weighted by atomic mass is 9.87. The number of hydrogen-bond acceptors (Lipinski definition) is 3. The highest BCUT2D eigenvalue weighted by Crippen LogP contribution is 2.41. The molecule has 3 rings (SSSR count). The van der Waals surface area contributed by atoms with Gasteiger partial charge in [-0.25, -0.2) is 0 Å². The van der Waals surface area contributed by atoms with Gasteiger partial charge in [-0.05, 0) is 25.5 Å². The number of aromatic nitrogens is 2. The van der Waals surface area contributed by atoms with E-state index >= 15 is 0 Å². The van der Waals surface area contributed by atoms with Crippen LogP contribution in [-0.4, -0.2) is 21.5 Å². The maximum atomic E-state index is 10.7. The summed E-state index contributed by atoms with van der Waals surface area (Å²) in [5.74, 6) is 0.965. The van der Waals surface area contributed by atoms with Crippen LogP contribution in [-0.2, 0) is 6.54 Å². The average Bonchev–Trinajstić information content (AvgIpc) is 2.94. The van der Waals surface area contributed by atoms with E-state index in [1.165, 1.54) is 0 Å². The van der Waals surface area contributed by atoms with E-state index in [0.717, 1.165) is 30.0 Å². The normalized spacial score (nSPS) is 19.6. The zero-order chi connectivity index (χ0) is 13.2. The maximum Gasteiger partial charge on any atom is 0.122 e. The molecule has 1 aromatic carbocycles. The number of aliphatic hydroxyl groups excluding tert-OH is 1. The first-order valence-corrected chi connectivity index (χ1v) is 6.72. The molecule has 0 saturated carbocycles. The Kier molecular flexibility index (Phi) is 3.25. The molecule has 0 amide bonds. The number of ether oxygens (including phenoxy) is 1. The number of rotatable bonds is 3. The van der Waals surface area contributed by atoms with Crippen molar-refractivity contribution in [1.82, 2.24) is 9.78 Å². The molecule has 0 saturated heterocycles. The molecule has 0 fully saturated rings. The lowest BCUT2D eigenvalue weighted by Crippen LogP contribution is -2.22. The van der Waals surface area contributed by atoms with Crippen molar-refractivity contribution in [2.24, 2.45) is 0 Å². The first-order valence-electron chi connectivity index (χ1n) is 6.72. The average molecular weight is 258 g/mol. The molecule has 4 heteroatoms.